The molecule has 0 aliphatic carbocycles. The molecule has 0 saturated carbocycles. The van der Waals surface area contributed by atoms with Crippen molar-refractivity contribution in [1.82, 2.24) is 5.32 Å². The van der Waals surface area contributed by atoms with Gasteiger partial charge in [-0.05, 0) is 17.5 Å². The van der Waals surface area contributed by atoms with Crippen LogP contribution in [0.15, 0.2) is 24.3 Å². The quantitative estimate of drug-likeness (QED) is 0.878. The van der Waals surface area contributed by atoms with Crippen LogP contribution in [-0.2, 0) is 11.2 Å². The van der Waals surface area contributed by atoms with Crippen LogP contribution in [0.2, 0.25) is 0 Å². The van der Waals surface area contributed by atoms with Crippen molar-refractivity contribution in [2.24, 2.45) is 0 Å². The predicted molar refractivity (Wildman–Crippen MR) is 75.1 cm³/mol. The summed E-state index contributed by atoms with van der Waals surface area (Å²) in [4.78, 5) is 11.0. The van der Waals surface area contributed by atoms with Gasteiger partial charge in [0.25, 0.3) is 0 Å². The molecule has 3 nitrogen and oxygen atoms in total. The number of carboxylic acids is 1. The Bertz CT molecular complexity index is 405. The van der Waals surface area contributed by atoms with Gasteiger partial charge in [-0.2, -0.15) is 11.8 Å². The second kappa shape index (κ2) is 6.25. The fraction of sp³-hybridized carbons (Fsp3) is 0.500. The number of thioether (sulfide) groups is 1. The third kappa shape index (κ3) is 3.27. The molecule has 1 aliphatic rings. The molecule has 1 aromatic rings. The molecule has 1 saturated heterocycles. The lowest BCUT2D eigenvalue weighted by Gasteiger charge is -2.28. The van der Waals surface area contributed by atoms with E-state index in [4.69, 9.17) is 5.11 Å². The Morgan fingerprint density at radius 1 is 1.39 bits per heavy atom. The van der Waals surface area contributed by atoms with Gasteiger partial charge in [-0.1, -0.05) is 37.6 Å². The third-order valence-electron chi connectivity index (χ3n) is 3.19. The fourth-order valence-electron chi connectivity index (χ4n) is 2.18. The first kappa shape index (κ1) is 13.4. The van der Waals surface area contributed by atoms with Crippen LogP contribution in [0.4, 0.5) is 0 Å². The van der Waals surface area contributed by atoms with Gasteiger partial charge in [0.1, 0.15) is 6.04 Å². The molecule has 2 unspecified atom stereocenters. The van der Waals surface area contributed by atoms with Crippen LogP contribution >= 0.6 is 11.8 Å². The zero-order valence-corrected chi connectivity index (χ0v) is 11.4. The molecule has 0 radical (unpaired) electrons. The highest BCUT2D eigenvalue weighted by atomic mass is 32.2. The lowest BCUT2D eigenvalue weighted by molar-refractivity contribution is -0.139. The minimum atomic E-state index is -0.755. The highest BCUT2D eigenvalue weighted by molar-refractivity contribution is 7.99. The Kier molecular flexibility index (Phi) is 4.66. The van der Waals surface area contributed by atoms with E-state index < -0.39 is 12.0 Å². The summed E-state index contributed by atoms with van der Waals surface area (Å²) in [5, 5.41) is 12.2. The zero-order valence-electron chi connectivity index (χ0n) is 10.6. The molecule has 1 aliphatic heterocycles. The van der Waals surface area contributed by atoms with E-state index in [0.717, 1.165) is 18.6 Å². The number of hydrogen-bond acceptors (Lipinski definition) is 3. The van der Waals surface area contributed by atoms with Crippen LogP contribution in [0.1, 0.15) is 30.5 Å². The minimum absolute atomic E-state index is 0.153. The van der Waals surface area contributed by atoms with Crippen LogP contribution in [-0.4, -0.2) is 28.6 Å². The smallest absolute Gasteiger partial charge is 0.321 e. The molecular weight excluding hydrogens is 246 g/mol. The first-order chi connectivity index (χ1) is 8.70. The normalized spacial score (nSPS) is 23.8. The van der Waals surface area contributed by atoms with Crippen LogP contribution < -0.4 is 5.32 Å². The van der Waals surface area contributed by atoms with Gasteiger partial charge < -0.3 is 5.11 Å². The summed E-state index contributed by atoms with van der Waals surface area (Å²) >= 11 is 1.71. The molecule has 2 N–H and O–H groups in total. The maximum absolute atomic E-state index is 11.0. The summed E-state index contributed by atoms with van der Waals surface area (Å²) in [6, 6.07) is 8.26. The molecule has 1 aromatic carbocycles. The molecule has 0 spiro atoms. The van der Waals surface area contributed by atoms with Crippen molar-refractivity contribution in [2.75, 3.05) is 11.5 Å². The van der Waals surface area contributed by atoms with Gasteiger partial charge in [0.15, 0.2) is 0 Å². The predicted octanol–water partition coefficient (Wildman–Crippen LogP) is 2.47. The summed E-state index contributed by atoms with van der Waals surface area (Å²) in [6.45, 7) is 2.17. The molecule has 98 valence electrons. The number of hydrogen-bond donors (Lipinski definition) is 2. The van der Waals surface area contributed by atoms with E-state index in [1.807, 2.05) is 0 Å². The Morgan fingerprint density at radius 2 is 2.11 bits per heavy atom. The first-order valence-corrected chi connectivity index (χ1v) is 7.51. The molecule has 2 rings (SSSR count). The molecule has 1 heterocycles. The molecule has 1 fully saturated rings. The largest absolute Gasteiger partial charge is 0.480 e. The van der Waals surface area contributed by atoms with E-state index in [1.54, 1.807) is 11.8 Å². The van der Waals surface area contributed by atoms with Gasteiger partial charge in [-0.15, -0.1) is 0 Å². The number of carboxylic acid groups (broad SMARTS) is 1. The van der Waals surface area contributed by atoms with E-state index in [-0.39, 0.29) is 6.04 Å². The monoisotopic (exact) mass is 265 g/mol. The highest BCUT2D eigenvalue weighted by Crippen LogP contribution is 2.25. The van der Waals surface area contributed by atoms with Crippen LogP contribution in [0.3, 0.4) is 0 Å². The zero-order chi connectivity index (χ0) is 13.0. The third-order valence-corrected chi connectivity index (χ3v) is 4.33. The van der Waals surface area contributed by atoms with E-state index >= 15 is 0 Å². The van der Waals surface area contributed by atoms with Gasteiger partial charge in [-0.3, -0.25) is 10.1 Å². The Hall–Kier alpha value is -1.00. The van der Waals surface area contributed by atoms with Gasteiger partial charge >= 0.3 is 5.97 Å². The Balaban J connectivity index is 2.04. The van der Waals surface area contributed by atoms with Crippen molar-refractivity contribution < 1.29 is 9.90 Å². The summed E-state index contributed by atoms with van der Waals surface area (Å²) in [5.74, 6) is 0.839. The maximum atomic E-state index is 11.0. The average molecular weight is 265 g/mol. The van der Waals surface area contributed by atoms with Crippen LogP contribution in [0, 0.1) is 0 Å². The second-order valence-corrected chi connectivity index (χ2v) is 5.71. The molecule has 0 aromatic heterocycles. The summed E-state index contributed by atoms with van der Waals surface area (Å²) in [6.07, 6.45) is 2.25. The van der Waals surface area contributed by atoms with Crippen molar-refractivity contribution >= 4 is 17.7 Å². The number of rotatable bonds is 4. The van der Waals surface area contributed by atoms with E-state index in [2.05, 4.69) is 36.5 Å². The molecule has 18 heavy (non-hydrogen) atoms. The maximum Gasteiger partial charge on any atom is 0.321 e. The molecule has 0 bridgehead atoms. The second-order valence-electron chi connectivity index (χ2n) is 4.64. The average Bonchev–Trinajstić information content (AvgIpc) is 2.40. The van der Waals surface area contributed by atoms with E-state index in [0.29, 0.717) is 5.75 Å². The molecule has 4 heteroatoms. The number of aryl methyl sites for hydroxylation is 1. The number of benzene rings is 1. The van der Waals surface area contributed by atoms with Crippen molar-refractivity contribution in [3.05, 3.63) is 35.4 Å². The van der Waals surface area contributed by atoms with Gasteiger partial charge in [0.05, 0.1) is 0 Å². The van der Waals surface area contributed by atoms with Gasteiger partial charge in [-0.25, -0.2) is 0 Å². The summed E-state index contributed by atoms with van der Waals surface area (Å²) in [7, 11) is 0. The Labute approximate surface area is 112 Å². The first-order valence-electron chi connectivity index (χ1n) is 6.36. The van der Waals surface area contributed by atoms with Crippen LogP contribution in [0.5, 0.6) is 0 Å². The van der Waals surface area contributed by atoms with Crippen molar-refractivity contribution in [3.63, 3.8) is 0 Å². The standard InChI is InChI=1S/C14H19NO2S/c1-2-3-10-4-6-11(7-5-10)12-8-18-9-13(15-12)14(16)17/h4-7,12-13,15H,2-3,8-9H2,1H3,(H,16,17). The lowest BCUT2D eigenvalue weighted by Crippen LogP contribution is -2.45. The SMILES string of the molecule is CCCc1ccc(C2CSCC(C(=O)O)N2)cc1. The van der Waals surface area contributed by atoms with E-state index in [1.165, 1.54) is 11.1 Å². The summed E-state index contributed by atoms with van der Waals surface area (Å²) < 4.78 is 0. The molecule has 2 atom stereocenters. The van der Waals surface area contributed by atoms with Gasteiger partial charge in [0, 0.05) is 17.5 Å². The Morgan fingerprint density at radius 3 is 2.72 bits per heavy atom. The molecular formula is C14H19NO2S. The number of carbonyl (C=O) groups is 1. The topological polar surface area (TPSA) is 49.3 Å². The number of nitrogens with one attached hydrogen (secondary N) is 1. The molecule has 0 amide bonds. The number of aliphatic carboxylic acids is 1. The highest BCUT2D eigenvalue weighted by Gasteiger charge is 2.27. The lowest BCUT2D eigenvalue weighted by atomic mass is 10.0. The fourth-order valence-corrected chi connectivity index (χ4v) is 3.32. The van der Waals surface area contributed by atoms with Crippen LogP contribution in [0.25, 0.3) is 0 Å². The van der Waals surface area contributed by atoms with Gasteiger partial charge in [0.2, 0.25) is 0 Å². The van der Waals surface area contributed by atoms with Crippen molar-refractivity contribution in [1.29, 1.82) is 0 Å². The minimum Gasteiger partial charge on any atom is -0.480 e. The van der Waals surface area contributed by atoms with Crippen molar-refractivity contribution in [2.45, 2.75) is 31.8 Å². The van der Waals surface area contributed by atoms with E-state index in [9.17, 15) is 4.79 Å². The van der Waals surface area contributed by atoms with Crippen molar-refractivity contribution in [3.8, 4) is 0 Å². The summed E-state index contributed by atoms with van der Waals surface area (Å²) in [5.41, 5.74) is 2.54.